The molecule has 1 amide bonds. The Bertz CT molecular complexity index is 629. The van der Waals surface area contributed by atoms with E-state index in [-0.39, 0.29) is 36.4 Å². The van der Waals surface area contributed by atoms with Crippen LogP contribution in [-0.2, 0) is 0 Å². The summed E-state index contributed by atoms with van der Waals surface area (Å²) in [7, 11) is 0. The van der Waals surface area contributed by atoms with Crippen molar-refractivity contribution in [2.75, 3.05) is 26.2 Å². The van der Waals surface area contributed by atoms with Crippen molar-refractivity contribution in [3.05, 3.63) is 34.9 Å². The van der Waals surface area contributed by atoms with Gasteiger partial charge >= 0.3 is 0 Å². The van der Waals surface area contributed by atoms with Gasteiger partial charge < -0.3 is 10.2 Å². The molecular weight excluding hydrogens is 324 g/mol. The normalized spacial score (nSPS) is 21.8. The first-order valence-corrected chi connectivity index (χ1v) is 8.24. The number of amides is 1. The van der Waals surface area contributed by atoms with Crippen LogP contribution in [0.15, 0.2) is 12.1 Å². The molecule has 132 valence electrons. The van der Waals surface area contributed by atoms with Gasteiger partial charge in [-0.2, -0.15) is 0 Å². The van der Waals surface area contributed by atoms with Gasteiger partial charge in [0, 0.05) is 18.5 Å². The van der Waals surface area contributed by atoms with Crippen molar-refractivity contribution in [3.8, 4) is 0 Å². The quantitative estimate of drug-likeness (QED) is 0.835. The Kier molecular flexibility index (Phi) is 4.80. The fraction of sp³-hybridized carbons (Fsp3) is 0.588. The Morgan fingerprint density at radius 3 is 2.58 bits per heavy atom. The van der Waals surface area contributed by atoms with Crippen LogP contribution in [0.4, 0.5) is 17.6 Å². The maximum Gasteiger partial charge on any atom is 0.265 e. The number of hydrogen-bond donors (Lipinski definition) is 1. The summed E-state index contributed by atoms with van der Waals surface area (Å²) in [5, 5.41) is 3.14. The first kappa shape index (κ1) is 17.2. The Balaban J connectivity index is 1.87. The number of nitrogens with zero attached hydrogens (tertiary/aromatic N) is 1. The number of hydrogen-bond acceptors (Lipinski definition) is 2. The number of carbonyl (C=O) groups is 1. The van der Waals surface area contributed by atoms with Crippen LogP contribution in [-0.4, -0.2) is 42.9 Å². The van der Waals surface area contributed by atoms with Crippen molar-refractivity contribution in [1.82, 2.24) is 10.2 Å². The molecule has 0 atom stereocenters. The fourth-order valence-electron chi connectivity index (χ4n) is 3.49. The molecule has 2 aliphatic heterocycles. The highest BCUT2D eigenvalue weighted by Crippen LogP contribution is 2.31. The highest BCUT2D eigenvalue weighted by atomic mass is 19.3. The van der Waals surface area contributed by atoms with Crippen LogP contribution in [0.25, 0.3) is 0 Å². The van der Waals surface area contributed by atoms with E-state index < -0.39 is 30.0 Å². The van der Waals surface area contributed by atoms with E-state index in [9.17, 15) is 22.4 Å². The van der Waals surface area contributed by atoms with E-state index in [2.05, 4.69) is 5.32 Å². The third-order valence-corrected chi connectivity index (χ3v) is 4.76. The van der Waals surface area contributed by atoms with Gasteiger partial charge in [0.15, 0.2) is 11.6 Å². The molecule has 0 aromatic heterocycles. The van der Waals surface area contributed by atoms with Crippen molar-refractivity contribution in [2.45, 2.75) is 37.5 Å². The van der Waals surface area contributed by atoms with Crippen molar-refractivity contribution in [2.24, 2.45) is 0 Å². The summed E-state index contributed by atoms with van der Waals surface area (Å²) in [6, 6.07) is 2.15. The van der Waals surface area contributed by atoms with Gasteiger partial charge in [0.05, 0.1) is 6.54 Å². The summed E-state index contributed by atoms with van der Waals surface area (Å²) in [5.41, 5.74) is 0.115. The minimum atomic E-state index is -2.93. The molecule has 2 aliphatic rings. The van der Waals surface area contributed by atoms with E-state index in [1.807, 2.05) is 0 Å². The highest BCUT2D eigenvalue weighted by molar-refractivity contribution is 5.94. The van der Waals surface area contributed by atoms with Crippen molar-refractivity contribution >= 4 is 5.91 Å². The minimum Gasteiger partial charge on any atom is -0.333 e. The van der Waals surface area contributed by atoms with Crippen LogP contribution in [0, 0.1) is 11.6 Å². The maximum atomic E-state index is 14.2. The second-order valence-corrected chi connectivity index (χ2v) is 6.57. The standard InChI is InChI=1S/C17H20F4N2O/c18-14-9-12(16(24)23-7-1-4-17(20,21)10-23)8-13(15(14)19)11-2-5-22-6-3-11/h8-9,11,22H,1-7,10H2. The first-order chi connectivity index (χ1) is 11.4. The number of piperidine rings is 2. The first-order valence-electron chi connectivity index (χ1n) is 8.24. The molecule has 1 N–H and O–H groups in total. The van der Waals surface area contributed by atoms with Crippen LogP contribution < -0.4 is 5.32 Å². The Morgan fingerprint density at radius 2 is 1.92 bits per heavy atom. The lowest BCUT2D eigenvalue weighted by Gasteiger charge is -2.32. The molecule has 2 heterocycles. The number of carbonyl (C=O) groups excluding carboxylic acids is 1. The van der Waals surface area contributed by atoms with Gasteiger partial charge in [0.25, 0.3) is 11.8 Å². The van der Waals surface area contributed by atoms with Gasteiger partial charge in [-0.3, -0.25) is 4.79 Å². The molecule has 0 spiro atoms. The average Bonchev–Trinajstić information content (AvgIpc) is 2.56. The Hall–Kier alpha value is -1.63. The van der Waals surface area contributed by atoms with Gasteiger partial charge in [-0.1, -0.05) is 0 Å². The maximum absolute atomic E-state index is 14.2. The molecule has 3 nitrogen and oxygen atoms in total. The SMILES string of the molecule is O=C(c1cc(F)c(F)c(C2CCNCC2)c1)N1CCCC(F)(F)C1. The molecule has 24 heavy (non-hydrogen) atoms. The summed E-state index contributed by atoms with van der Waals surface area (Å²) in [5.74, 6) is -5.80. The molecule has 0 bridgehead atoms. The second kappa shape index (κ2) is 6.70. The van der Waals surface area contributed by atoms with Crippen LogP contribution in [0.3, 0.4) is 0 Å². The number of halogens is 4. The molecular formula is C17H20F4N2O. The van der Waals surface area contributed by atoms with Gasteiger partial charge in [-0.05, 0) is 56.0 Å². The van der Waals surface area contributed by atoms with Gasteiger partial charge in [0.2, 0.25) is 0 Å². The van der Waals surface area contributed by atoms with Crippen LogP contribution in [0.1, 0.15) is 47.5 Å². The number of rotatable bonds is 2. The Morgan fingerprint density at radius 1 is 1.21 bits per heavy atom. The van der Waals surface area contributed by atoms with E-state index in [4.69, 9.17) is 0 Å². The number of benzene rings is 1. The van der Waals surface area contributed by atoms with E-state index in [1.54, 1.807) is 0 Å². The van der Waals surface area contributed by atoms with Crippen molar-refractivity contribution < 1.29 is 22.4 Å². The van der Waals surface area contributed by atoms with Gasteiger partial charge in [-0.25, -0.2) is 17.6 Å². The van der Waals surface area contributed by atoms with Gasteiger partial charge in [0.1, 0.15) is 0 Å². The zero-order chi connectivity index (χ0) is 17.3. The molecule has 0 aliphatic carbocycles. The van der Waals surface area contributed by atoms with Crippen LogP contribution in [0.5, 0.6) is 0 Å². The summed E-state index contributed by atoms with van der Waals surface area (Å²) < 4.78 is 55.1. The lowest BCUT2D eigenvalue weighted by molar-refractivity contribution is -0.0560. The summed E-state index contributed by atoms with van der Waals surface area (Å²) >= 11 is 0. The topological polar surface area (TPSA) is 32.3 Å². The largest absolute Gasteiger partial charge is 0.333 e. The third-order valence-electron chi connectivity index (χ3n) is 4.76. The lowest BCUT2D eigenvalue weighted by atomic mass is 9.88. The van der Waals surface area contributed by atoms with Gasteiger partial charge in [-0.15, -0.1) is 0 Å². The second-order valence-electron chi connectivity index (χ2n) is 6.57. The van der Waals surface area contributed by atoms with E-state index in [0.717, 1.165) is 11.0 Å². The molecule has 3 rings (SSSR count). The average molecular weight is 344 g/mol. The molecule has 0 radical (unpaired) electrons. The number of nitrogens with one attached hydrogen (secondary N) is 1. The van der Waals surface area contributed by atoms with Crippen molar-refractivity contribution in [1.29, 1.82) is 0 Å². The Labute approximate surface area is 138 Å². The third kappa shape index (κ3) is 3.55. The smallest absolute Gasteiger partial charge is 0.265 e. The summed E-state index contributed by atoms with van der Waals surface area (Å²) in [6.45, 7) is 0.925. The minimum absolute atomic E-state index is 0.0554. The zero-order valence-electron chi connectivity index (χ0n) is 13.3. The van der Waals surface area contributed by atoms with E-state index >= 15 is 0 Å². The van der Waals surface area contributed by atoms with E-state index in [1.165, 1.54) is 6.07 Å². The lowest BCUT2D eigenvalue weighted by Crippen LogP contribution is -2.45. The fourth-order valence-corrected chi connectivity index (χ4v) is 3.49. The molecule has 2 saturated heterocycles. The predicted octanol–water partition coefficient (Wildman–Crippen LogP) is 3.30. The number of alkyl halides is 2. The van der Waals surface area contributed by atoms with E-state index in [0.29, 0.717) is 25.9 Å². The predicted molar refractivity (Wildman–Crippen MR) is 81.3 cm³/mol. The zero-order valence-corrected chi connectivity index (χ0v) is 13.3. The van der Waals surface area contributed by atoms with Crippen LogP contribution in [0.2, 0.25) is 0 Å². The molecule has 0 saturated carbocycles. The monoisotopic (exact) mass is 344 g/mol. The highest BCUT2D eigenvalue weighted by Gasteiger charge is 2.37. The summed E-state index contributed by atoms with van der Waals surface area (Å²) in [6.07, 6.45) is 1.24. The number of likely N-dealkylation sites (tertiary alicyclic amines) is 1. The van der Waals surface area contributed by atoms with Crippen LogP contribution >= 0.6 is 0 Å². The van der Waals surface area contributed by atoms with Crippen molar-refractivity contribution in [3.63, 3.8) is 0 Å². The molecule has 0 unspecified atom stereocenters. The molecule has 1 aromatic carbocycles. The molecule has 7 heteroatoms. The molecule has 2 fully saturated rings. The molecule has 1 aromatic rings. The summed E-state index contributed by atoms with van der Waals surface area (Å²) in [4.78, 5) is 13.5.